The lowest BCUT2D eigenvalue weighted by atomic mass is 10.2. The van der Waals surface area contributed by atoms with Gasteiger partial charge in [0.1, 0.15) is 5.75 Å². The van der Waals surface area contributed by atoms with Gasteiger partial charge in [-0.3, -0.25) is 0 Å². The van der Waals surface area contributed by atoms with Crippen LogP contribution >= 0.6 is 0 Å². The van der Waals surface area contributed by atoms with E-state index in [0.29, 0.717) is 6.61 Å². The second kappa shape index (κ2) is 5.09. The average Bonchev–Trinajstić information content (AvgIpc) is 2.72. The summed E-state index contributed by atoms with van der Waals surface area (Å²) in [6.07, 6.45) is 3.14. The molecule has 0 spiro atoms. The second-order valence-electron chi connectivity index (χ2n) is 4.20. The van der Waals surface area contributed by atoms with E-state index in [9.17, 15) is 0 Å². The molecule has 2 aromatic rings. The largest absolute Gasteiger partial charge is 0.494 e. The standard InChI is InChI=1S/C15H19NO/c1-4-12(3)11-16-9-8-13-10-14(17-5-2)6-7-15(13)16/h6-10H,3-5,11H2,1-2H3. The summed E-state index contributed by atoms with van der Waals surface area (Å²) >= 11 is 0. The van der Waals surface area contributed by atoms with Crippen molar-refractivity contribution in [3.8, 4) is 5.75 Å². The van der Waals surface area contributed by atoms with E-state index in [1.807, 2.05) is 13.0 Å². The topological polar surface area (TPSA) is 14.2 Å². The molecule has 0 aliphatic rings. The van der Waals surface area contributed by atoms with E-state index < -0.39 is 0 Å². The first-order valence-electron chi connectivity index (χ1n) is 6.13. The van der Waals surface area contributed by atoms with Crippen molar-refractivity contribution in [2.75, 3.05) is 6.61 Å². The van der Waals surface area contributed by atoms with E-state index in [4.69, 9.17) is 4.74 Å². The maximum Gasteiger partial charge on any atom is 0.120 e. The molecule has 0 saturated heterocycles. The molecule has 1 aromatic carbocycles. The summed E-state index contributed by atoms with van der Waals surface area (Å²) < 4.78 is 7.73. The highest BCUT2D eigenvalue weighted by Crippen LogP contribution is 2.22. The molecule has 1 aromatic heterocycles. The van der Waals surface area contributed by atoms with Crippen LogP contribution in [-0.4, -0.2) is 11.2 Å². The van der Waals surface area contributed by atoms with Crippen molar-refractivity contribution in [3.05, 3.63) is 42.6 Å². The van der Waals surface area contributed by atoms with Gasteiger partial charge in [-0.15, -0.1) is 0 Å². The predicted octanol–water partition coefficient (Wildman–Crippen LogP) is 4.01. The third-order valence-electron chi connectivity index (χ3n) is 2.95. The third-order valence-corrected chi connectivity index (χ3v) is 2.95. The van der Waals surface area contributed by atoms with Gasteiger partial charge in [0.2, 0.25) is 0 Å². The lowest BCUT2D eigenvalue weighted by molar-refractivity contribution is 0.340. The molecule has 0 bridgehead atoms. The molecule has 0 fully saturated rings. The molecule has 0 aliphatic heterocycles. The average molecular weight is 229 g/mol. The number of fused-ring (bicyclic) bond motifs is 1. The number of rotatable bonds is 5. The molecular formula is C15H19NO. The van der Waals surface area contributed by atoms with Crippen molar-refractivity contribution in [2.24, 2.45) is 0 Å². The van der Waals surface area contributed by atoms with Crippen molar-refractivity contribution >= 4 is 10.9 Å². The van der Waals surface area contributed by atoms with Crippen molar-refractivity contribution < 1.29 is 4.74 Å². The lowest BCUT2D eigenvalue weighted by Gasteiger charge is -2.07. The number of hydrogen-bond acceptors (Lipinski definition) is 1. The fourth-order valence-electron chi connectivity index (χ4n) is 1.93. The molecule has 0 aliphatic carbocycles. The van der Waals surface area contributed by atoms with Gasteiger partial charge in [-0.2, -0.15) is 0 Å². The highest BCUT2D eigenvalue weighted by molar-refractivity contribution is 5.81. The molecular weight excluding hydrogens is 210 g/mol. The maximum absolute atomic E-state index is 5.50. The van der Waals surface area contributed by atoms with Gasteiger partial charge < -0.3 is 9.30 Å². The molecule has 0 N–H and O–H groups in total. The van der Waals surface area contributed by atoms with Gasteiger partial charge in [-0.05, 0) is 37.6 Å². The monoisotopic (exact) mass is 229 g/mol. The van der Waals surface area contributed by atoms with E-state index in [2.05, 4.69) is 42.5 Å². The summed E-state index contributed by atoms with van der Waals surface area (Å²) in [5.41, 5.74) is 2.49. The van der Waals surface area contributed by atoms with Crippen LogP contribution in [0.2, 0.25) is 0 Å². The minimum atomic E-state index is 0.707. The molecule has 1 heterocycles. The molecule has 17 heavy (non-hydrogen) atoms. The second-order valence-corrected chi connectivity index (χ2v) is 4.20. The molecule has 2 heteroatoms. The van der Waals surface area contributed by atoms with E-state index in [-0.39, 0.29) is 0 Å². The van der Waals surface area contributed by atoms with Crippen LogP contribution < -0.4 is 4.74 Å². The Bertz CT molecular complexity index is 525. The zero-order valence-corrected chi connectivity index (χ0v) is 10.6. The Labute approximate surface area is 103 Å². The van der Waals surface area contributed by atoms with Gasteiger partial charge >= 0.3 is 0 Å². The van der Waals surface area contributed by atoms with Gasteiger partial charge in [0.25, 0.3) is 0 Å². The van der Waals surface area contributed by atoms with Crippen LogP contribution in [0.5, 0.6) is 5.75 Å². The molecule has 2 nitrogen and oxygen atoms in total. The Morgan fingerprint density at radius 3 is 2.82 bits per heavy atom. The molecule has 0 unspecified atom stereocenters. The number of ether oxygens (including phenoxy) is 1. The Hall–Kier alpha value is -1.70. The van der Waals surface area contributed by atoms with E-state index in [0.717, 1.165) is 18.7 Å². The summed E-state index contributed by atoms with van der Waals surface area (Å²) in [4.78, 5) is 0. The number of aromatic nitrogens is 1. The zero-order valence-electron chi connectivity index (χ0n) is 10.6. The summed E-state index contributed by atoms with van der Waals surface area (Å²) in [5, 5.41) is 1.22. The highest BCUT2D eigenvalue weighted by atomic mass is 16.5. The zero-order chi connectivity index (χ0) is 12.3. The third kappa shape index (κ3) is 2.52. The minimum Gasteiger partial charge on any atom is -0.494 e. The van der Waals surface area contributed by atoms with Gasteiger partial charge in [0, 0.05) is 23.6 Å². The van der Waals surface area contributed by atoms with Crippen LogP contribution in [0.25, 0.3) is 10.9 Å². The predicted molar refractivity (Wildman–Crippen MR) is 72.5 cm³/mol. The van der Waals surface area contributed by atoms with Crippen molar-refractivity contribution in [3.63, 3.8) is 0 Å². The van der Waals surface area contributed by atoms with Crippen molar-refractivity contribution in [1.29, 1.82) is 0 Å². The van der Waals surface area contributed by atoms with E-state index in [1.54, 1.807) is 0 Å². The van der Waals surface area contributed by atoms with Crippen LogP contribution in [0, 0.1) is 0 Å². The van der Waals surface area contributed by atoms with Crippen molar-refractivity contribution in [2.45, 2.75) is 26.8 Å². The Kier molecular flexibility index (Phi) is 3.52. The van der Waals surface area contributed by atoms with Gasteiger partial charge in [-0.1, -0.05) is 19.1 Å². The van der Waals surface area contributed by atoms with Gasteiger partial charge in [0.05, 0.1) is 6.61 Å². The van der Waals surface area contributed by atoms with Gasteiger partial charge in [0.15, 0.2) is 0 Å². The minimum absolute atomic E-state index is 0.707. The molecule has 0 amide bonds. The quantitative estimate of drug-likeness (QED) is 0.707. The van der Waals surface area contributed by atoms with Crippen LogP contribution in [0.4, 0.5) is 0 Å². The first kappa shape index (κ1) is 11.8. The highest BCUT2D eigenvalue weighted by Gasteiger charge is 2.03. The molecule has 0 radical (unpaired) electrons. The van der Waals surface area contributed by atoms with E-state index >= 15 is 0 Å². The summed E-state index contributed by atoms with van der Waals surface area (Å²) in [7, 11) is 0. The Balaban J connectivity index is 2.31. The summed E-state index contributed by atoms with van der Waals surface area (Å²) in [6, 6.07) is 8.35. The fraction of sp³-hybridized carbons (Fsp3) is 0.333. The first-order chi connectivity index (χ1) is 8.24. The SMILES string of the molecule is C=C(CC)Cn1ccc2cc(OCC)ccc21. The van der Waals surface area contributed by atoms with Crippen molar-refractivity contribution in [1.82, 2.24) is 4.57 Å². The number of nitrogens with zero attached hydrogens (tertiary/aromatic N) is 1. The first-order valence-corrected chi connectivity index (χ1v) is 6.13. The van der Waals surface area contributed by atoms with Crippen LogP contribution in [-0.2, 0) is 6.54 Å². The Morgan fingerprint density at radius 1 is 1.29 bits per heavy atom. The van der Waals surface area contributed by atoms with Gasteiger partial charge in [-0.25, -0.2) is 0 Å². The lowest BCUT2D eigenvalue weighted by Crippen LogP contribution is -1.98. The fourth-order valence-corrected chi connectivity index (χ4v) is 1.93. The smallest absolute Gasteiger partial charge is 0.120 e. The molecule has 0 saturated carbocycles. The molecule has 0 atom stereocenters. The number of benzene rings is 1. The Morgan fingerprint density at radius 2 is 2.12 bits per heavy atom. The molecule has 90 valence electrons. The van der Waals surface area contributed by atoms with Crippen LogP contribution in [0.15, 0.2) is 42.6 Å². The van der Waals surface area contributed by atoms with E-state index in [1.165, 1.54) is 16.5 Å². The maximum atomic E-state index is 5.50. The number of hydrogen-bond donors (Lipinski definition) is 0. The van der Waals surface area contributed by atoms with Crippen LogP contribution in [0.3, 0.4) is 0 Å². The number of allylic oxidation sites excluding steroid dienone is 1. The van der Waals surface area contributed by atoms with Crippen LogP contribution in [0.1, 0.15) is 20.3 Å². The normalized spacial score (nSPS) is 10.7. The molecule has 2 rings (SSSR count). The summed E-state index contributed by atoms with van der Waals surface area (Å²) in [6.45, 7) is 9.80. The summed E-state index contributed by atoms with van der Waals surface area (Å²) in [5.74, 6) is 0.937.